The number of rotatable bonds is 3. The van der Waals surface area contributed by atoms with Crippen molar-refractivity contribution in [1.29, 1.82) is 0 Å². The average molecular weight is 293 g/mol. The average Bonchev–Trinajstić information content (AvgIpc) is 2.36. The van der Waals surface area contributed by atoms with E-state index in [-0.39, 0.29) is 5.82 Å². The Balaban J connectivity index is 2.32. The Morgan fingerprint density at radius 1 is 1.10 bits per heavy atom. The zero-order chi connectivity index (χ0) is 14.9. The summed E-state index contributed by atoms with van der Waals surface area (Å²) in [5.41, 5.74) is 2.84. The molecule has 1 N–H and O–H groups in total. The first-order valence-electron chi connectivity index (χ1n) is 6.53. The van der Waals surface area contributed by atoms with Crippen LogP contribution in [0.5, 0.6) is 0 Å². The van der Waals surface area contributed by atoms with E-state index in [1.807, 2.05) is 32.0 Å². The second-order valence-corrected chi connectivity index (χ2v) is 5.89. The Labute approximate surface area is 124 Å². The molecule has 0 bridgehead atoms. The topological polar surface area (TPSA) is 20.2 Å². The van der Waals surface area contributed by atoms with Crippen LogP contribution in [0.4, 0.5) is 4.39 Å². The van der Waals surface area contributed by atoms with E-state index in [9.17, 15) is 9.50 Å². The van der Waals surface area contributed by atoms with E-state index >= 15 is 0 Å². The Morgan fingerprint density at radius 3 is 2.40 bits per heavy atom. The molecule has 20 heavy (non-hydrogen) atoms. The minimum Gasteiger partial charge on any atom is -0.385 e. The molecule has 0 fully saturated rings. The molecule has 0 aliphatic rings. The molecule has 2 rings (SSSR count). The quantitative estimate of drug-likeness (QED) is 0.880. The molecule has 0 radical (unpaired) electrons. The van der Waals surface area contributed by atoms with Gasteiger partial charge in [0, 0.05) is 11.4 Å². The summed E-state index contributed by atoms with van der Waals surface area (Å²) < 4.78 is 13.1. The van der Waals surface area contributed by atoms with Crippen molar-refractivity contribution in [3.8, 4) is 0 Å². The number of halogens is 2. The van der Waals surface area contributed by atoms with Gasteiger partial charge in [0.2, 0.25) is 0 Å². The van der Waals surface area contributed by atoms with Gasteiger partial charge in [-0.3, -0.25) is 0 Å². The van der Waals surface area contributed by atoms with Crippen LogP contribution < -0.4 is 0 Å². The standard InChI is InChI=1S/C17H18ClFO/c1-11-4-6-14(8-12(11)2)17(3,20)10-13-5-7-15(19)9-16(13)18/h4-9,20H,10H2,1-3H3. The summed E-state index contributed by atoms with van der Waals surface area (Å²) in [5.74, 6) is -0.371. The molecule has 3 heteroatoms. The molecule has 1 atom stereocenters. The molecular formula is C17H18ClFO. The van der Waals surface area contributed by atoms with Crippen LogP contribution in [0.25, 0.3) is 0 Å². The third kappa shape index (κ3) is 3.20. The van der Waals surface area contributed by atoms with Crippen molar-refractivity contribution in [2.75, 3.05) is 0 Å². The predicted octanol–water partition coefficient (Wildman–Crippen LogP) is 4.55. The number of benzene rings is 2. The fraction of sp³-hybridized carbons (Fsp3) is 0.294. The Bertz CT molecular complexity index is 635. The Morgan fingerprint density at radius 2 is 1.80 bits per heavy atom. The minimum atomic E-state index is -1.04. The molecule has 0 spiro atoms. The Kier molecular flexibility index (Phi) is 4.17. The molecular weight excluding hydrogens is 275 g/mol. The normalized spacial score (nSPS) is 14.1. The van der Waals surface area contributed by atoms with Crippen molar-refractivity contribution in [2.45, 2.75) is 32.8 Å². The van der Waals surface area contributed by atoms with E-state index in [1.165, 1.54) is 17.7 Å². The van der Waals surface area contributed by atoms with Gasteiger partial charge in [-0.2, -0.15) is 0 Å². The van der Waals surface area contributed by atoms with Crippen molar-refractivity contribution >= 4 is 11.6 Å². The van der Waals surface area contributed by atoms with E-state index < -0.39 is 5.60 Å². The van der Waals surface area contributed by atoms with Gasteiger partial charge < -0.3 is 5.11 Å². The minimum absolute atomic E-state index is 0.342. The monoisotopic (exact) mass is 292 g/mol. The van der Waals surface area contributed by atoms with Gasteiger partial charge in [-0.15, -0.1) is 0 Å². The lowest BCUT2D eigenvalue weighted by Crippen LogP contribution is -2.24. The maximum absolute atomic E-state index is 13.1. The highest BCUT2D eigenvalue weighted by Crippen LogP contribution is 2.30. The van der Waals surface area contributed by atoms with Crippen LogP contribution in [0.2, 0.25) is 5.02 Å². The first kappa shape index (κ1) is 15.0. The molecule has 1 unspecified atom stereocenters. The van der Waals surface area contributed by atoms with Crippen molar-refractivity contribution in [3.63, 3.8) is 0 Å². The molecule has 0 aliphatic heterocycles. The van der Waals surface area contributed by atoms with E-state index in [4.69, 9.17) is 11.6 Å². The SMILES string of the molecule is Cc1ccc(C(C)(O)Cc2ccc(F)cc2Cl)cc1C. The van der Waals surface area contributed by atoms with E-state index in [1.54, 1.807) is 13.0 Å². The Hall–Kier alpha value is -1.38. The van der Waals surface area contributed by atoms with Crippen LogP contribution >= 0.6 is 11.6 Å². The molecule has 0 saturated carbocycles. The summed E-state index contributed by atoms with van der Waals surface area (Å²) in [4.78, 5) is 0. The maximum atomic E-state index is 13.1. The van der Waals surface area contributed by atoms with E-state index in [0.717, 1.165) is 16.7 Å². The van der Waals surface area contributed by atoms with Crippen molar-refractivity contribution in [3.05, 3.63) is 69.5 Å². The lowest BCUT2D eigenvalue weighted by Gasteiger charge is -2.25. The summed E-state index contributed by atoms with van der Waals surface area (Å²) >= 11 is 6.03. The highest BCUT2D eigenvalue weighted by Gasteiger charge is 2.25. The van der Waals surface area contributed by atoms with E-state index in [0.29, 0.717) is 11.4 Å². The molecule has 106 valence electrons. The van der Waals surface area contributed by atoms with Crippen LogP contribution in [-0.2, 0) is 12.0 Å². The second kappa shape index (κ2) is 5.55. The van der Waals surface area contributed by atoms with Crippen LogP contribution in [0.3, 0.4) is 0 Å². The van der Waals surface area contributed by atoms with Gasteiger partial charge >= 0.3 is 0 Å². The lowest BCUT2D eigenvalue weighted by atomic mass is 9.87. The highest BCUT2D eigenvalue weighted by molar-refractivity contribution is 6.31. The first-order valence-corrected chi connectivity index (χ1v) is 6.91. The van der Waals surface area contributed by atoms with Crippen molar-refractivity contribution in [2.24, 2.45) is 0 Å². The summed E-state index contributed by atoms with van der Waals surface area (Å²) in [5, 5.41) is 11.0. The molecule has 2 aromatic rings. The zero-order valence-electron chi connectivity index (χ0n) is 11.9. The molecule has 0 aliphatic carbocycles. The van der Waals surface area contributed by atoms with Crippen molar-refractivity contribution < 1.29 is 9.50 Å². The van der Waals surface area contributed by atoms with Crippen LogP contribution in [0.1, 0.15) is 29.2 Å². The fourth-order valence-corrected chi connectivity index (χ4v) is 2.45. The molecule has 1 nitrogen and oxygen atoms in total. The van der Waals surface area contributed by atoms with Gasteiger partial charge in [0.25, 0.3) is 0 Å². The maximum Gasteiger partial charge on any atom is 0.124 e. The second-order valence-electron chi connectivity index (χ2n) is 5.49. The van der Waals surface area contributed by atoms with Crippen LogP contribution in [0, 0.1) is 19.7 Å². The van der Waals surface area contributed by atoms with Gasteiger partial charge in [-0.05, 0) is 55.2 Å². The molecule has 0 aromatic heterocycles. The van der Waals surface area contributed by atoms with Crippen molar-refractivity contribution in [1.82, 2.24) is 0 Å². The lowest BCUT2D eigenvalue weighted by molar-refractivity contribution is 0.0575. The molecule has 0 saturated heterocycles. The largest absolute Gasteiger partial charge is 0.385 e. The molecule has 2 aromatic carbocycles. The number of hydrogen-bond acceptors (Lipinski definition) is 1. The smallest absolute Gasteiger partial charge is 0.124 e. The third-order valence-corrected chi connectivity index (χ3v) is 4.03. The van der Waals surface area contributed by atoms with Gasteiger partial charge in [0.15, 0.2) is 0 Å². The zero-order valence-corrected chi connectivity index (χ0v) is 12.6. The summed E-state index contributed by atoms with van der Waals surface area (Å²) in [6, 6.07) is 10.1. The fourth-order valence-electron chi connectivity index (χ4n) is 2.21. The number of aryl methyl sites for hydroxylation is 2. The van der Waals surface area contributed by atoms with E-state index in [2.05, 4.69) is 0 Å². The summed E-state index contributed by atoms with van der Waals surface area (Å²) in [6.07, 6.45) is 0.342. The van der Waals surface area contributed by atoms with Gasteiger partial charge in [0.1, 0.15) is 5.82 Å². The van der Waals surface area contributed by atoms with Gasteiger partial charge in [-0.1, -0.05) is 35.9 Å². The first-order chi connectivity index (χ1) is 9.29. The summed E-state index contributed by atoms with van der Waals surface area (Å²) in [7, 11) is 0. The third-order valence-electron chi connectivity index (χ3n) is 3.68. The number of aliphatic hydroxyl groups is 1. The summed E-state index contributed by atoms with van der Waals surface area (Å²) in [6.45, 7) is 5.79. The van der Waals surface area contributed by atoms with Crippen LogP contribution in [0.15, 0.2) is 36.4 Å². The van der Waals surface area contributed by atoms with Gasteiger partial charge in [-0.25, -0.2) is 4.39 Å². The van der Waals surface area contributed by atoms with Crippen LogP contribution in [-0.4, -0.2) is 5.11 Å². The molecule has 0 amide bonds. The predicted molar refractivity (Wildman–Crippen MR) is 80.6 cm³/mol. The molecule has 0 heterocycles. The van der Waals surface area contributed by atoms with Gasteiger partial charge in [0.05, 0.1) is 5.60 Å². The highest BCUT2D eigenvalue weighted by atomic mass is 35.5. The number of hydrogen-bond donors (Lipinski definition) is 1.